The van der Waals surface area contributed by atoms with E-state index in [4.69, 9.17) is 0 Å². The molecule has 0 bridgehead atoms. The van der Waals surface area contributed by atoms with Crippen molar-refractivity contribution in [1.29, 1.82) is 0 Å². The fraction of sp³-hybridized carbons (Fsp3) is 0.750. The third-order valence-electron chi connectivity index (χ3n) is 2.09. The monoisotopic (exact) mass is 198 g/mol. The van der Waals surface area contributed by atoms with Crippen LogP contribution < -0.4 is 0 Å². The van der Waals surface area contributed by atoms with Gasteiger partial charge in [0.1, 0.15) is 0 Å². The summed E-state index contributed by atoms with van der Waals surface area (Å²) in [5.41, 5.74) is 0. The van der Waals surface area contributed by atoms with E-state index in [0.29, 0.717) is 12.1 Å². The maximum atomic E-state index is 4.55. The number of hydrogen-bond donors (Lipinski definition) is 0. The fourth-order valence-corrected chi connectivity index (χ4v) is 1.82. The van der Waals surface area contributed by atoms with Crippen molar-refractivity contribution < 1.29 is 0 Å². The van der Waals surface area contributed by atoms with E-state index in [1.54, 1.807) is 0 Å². The molecule has 0 aliphatic heterocycles. The molecule has 1 rings (SSSR count). The molecule has 0 saturated heterocycles. The highest BCUT2D eigenvalue weighted by Crippen LogP contribution is 2.22. The van der Waals surface area contributed by atoms with E-state index in [9.17, 15) is 0 Å². The van der Waals surface area contributed by atoms with Gasteiger partial charge in [-0.2, -0.15) is 0 Å². The number of hydrogen-bond acceptors (Lipinski definition) is 4. The summed E-state index contributed by atoms with van der Waals surface area (Å²) in [4.78, 5) is 8.12. The van der Waals surface area contributed by atoms with Gasteiger partial charge in [-0.1, -0.05) is 0 Å². The molecule has 12 heavy (non-hydrogen) atoms. The van der Waals surface area contributed by atoms with E-state index in [1.165, 1.54) is 0 Å². The Morgan fingerprint density at radius 3 is 1.92 bits per heavy atom. The first-order valence-electron chi connectivity index (χ1n) is 4.00. The number of aliphatic imine (C=N–C) groups is 2. The van der Waals surface area contributed by atoms with E-state index in [-0.39, 0.29) is 0 Å². The summed E-state index contributed by atoms with van der Waals surface area (Å²) in [6, 6.07) is 0.627. The minimum Gasteiger partial charge on any atom is -0.229 e. The van der Waals surface area contributed by atoms with Gasteiger partial charge < -0.3 is 0 Å². The van der Waals surface area contributed by atoms with Crippen LogP contribution in [0.25, 0.3) is 0 Å². The second-order valence-corrected chi connectivity index (χ2v) is 3.28. The van der Waals surface area contributed by atoms with Gasteiger partial charge in [-0.15, -0.1) is 0 Å². The lowest BCUT2D eigenvalue weighted by molar-refractivity contribution is 0.398. The first-order chi connectivity index (χ1) is 5.86. The predicted molar refractivity (Wildman–Crippen MR) is 56.1 cm³/mol. The molecule has 0 radical (unpaired) electrons. The van der Waals surface area contributed by atoms with Gasteiger partial charge in [0, 0.05) is 0 Å². The van der Waals surface area contributed by atoms with Gasteiger partial charge in [0.2, 0.25) is 0 Å². The van der Waals surface area contributed by atoms with Gasteiger partial charge in [0.05, 0.1) is 22.4 Å². The van der Waals surface area contributed by atoms with Gasteiger partial charge in [-0.3, -0.25) is 0 Å². The molecule has 0 N–H and O–H groups in total. The maximum Gasteiger partial charge on any atom is 0.0623 e. The lowest BCUT2D eigenvalue weighted by atomic mass is 9.92. The smallest absolute Gasteiger partial charge is 0.0623 e. The lowest BCUT2D eigenvalue weighted by Gasteiger charge is -2.21. The summed E-state index contributed by atoms with van der Waals surface area (Å²) in [5, 5.41) is 4.84. The van der Waals surface area contributed by atoms with E-state index < -0.39 is 0 Å². The summed E-state index contributed by atoms with van der Waals surface area (Å²) < 4.78 is 0. The summed E-state index contributed by atoms with van der Waals surface area (Å²) in [7, 11) is 0. The highest BCUT2D eigenvalue weighted by atomic mass is 32.1. The molecule has 2 atom stereocenters. The van der Waals surface area contributed by atoms with Crippen LogP contribution >= 0.6 is 24.4 Å². The second-order valence-electron chi connectivity index (χ2n) is 2.92. The Kier molecular flexibility index (Phi) is 4.26. The summed E-state index contributed by atoms with van der Waals surface area (Å²) in [5.74, 6) is 0. The van der Waals surface area contributed by atoms with E-state index in [2.05, 4.69) is 44.7 Å². The molecule has 0 aromatic carbocycles. The molecule has 0 spiro atoms. The zero-order valence-electron chi connectivity index (χ0n) is 6.69. The van der Waals surface area contributed by atoms with Crippen molar-refractivity contribution in [3.05, 3.63) is 0 Å². The lowest BCUT2D eigenvalue weighted by Crippen LogP contribution is -2.20. The molecule has 2 nitrogen and oxygen atoms in total. The highest BCUT2D eigenvalue weighted by molar-refractivity contribution is 7.78. The van der Waals surface area contributed by atoms with Gasteiger partial charge in [0.15, 0.2) is 0 Å². The number of nitrogens with zero attached hydrogens (tertiary/aromatic N) is 2. The van der Waals surface area contributed by atoms with Crippen molar-refractivity contribution in [3.8, 4) is 0 Å². The van der Waals surface area contributed by atoms with Crippen molar-refractivity contribution in [2.24, 2.45) is 9.98 Å². The van der Waals surface area contributed by atoms with Crippen LogP contribution in [-0.4, -0.2) is 22.4 Å². The number of rotatable bonds is 2. The summed E-state index contributed by atoms with van der Waals surface area (Å²) >= 11 is 9.11. The topological polar surface area (TPSA) is 24.7 Å². The molecule has 1 fully saturated rings. The molecule has 2 unspecified atom stereocenters. The van der Waals surface area contributed by atoms with Crippen molar-refractivity contribution in [2.75, 3.05) is 0 Å². The van der Waals surface area contributed by atoms with E-state index in [1.807, 2.05) is 0 Å². The van der Waals surface area contributed by atoms with Crippen LogP contribution in [0.15, 0.2) is 9.98 Å². The summed E-state index contributed by atoms with van der Waals surface area (Å²) in [6.45, 7) is 0. The largest absolute Gasteiger partial charge is 0.229 e. The van der Waals surface area contributed by atoms with Gasteiger partial charge in [-0.05, 0) is 50.1 Å². The van der Waals surface area contributed by atoms with Crippen LogP contribution in [0.1, 0.15) is 25.7 Å². The SMILES string of the molecule is S=C=NC1CCCC(N=C=S)C1. The van der Waals surface area contributed by atoms with E-state index in [0.717, 1.165) is 25.7 Å². The molecular weight excluding hydrogens is 188 g/mol. The Hall–Kier alpha value is -0.400. The van der Waals surface area contributed by atoms with Crippen LogP contribution in [0, 0.1) is 0 Å². The van der Waals surface area contributed by atoms with Crippen molar-refractivity contribution in [1.82, 2.24) is 0 Å². The zero-order valence-corrected chi connectivity index (χ0v) is 8.33. The number of isothiocyanates is 2. The Bertz CT molecular complexity index is 215. The maximum absolute atomic E-state index is 4.55. The van der Waals surface area contributed by atoms with Gasteiger partial charge in [0.25, 0.3) is 0 Å². The minimum absolute atomic E-state index is 0.313. The quantitative estimate of drug-likeness (QED) is 0.503. The van der Waals surface area contributed by atoms with Crippen LogP contribution in [0.5, 0.6) is 0 Å². The Balaban J connectivity index is 2.50. The normalized spacial score (nSPS) is 28.3. The zero-order chi connectivity index (χ0) is 8.81. The molecule has 0 heterocycles. The molecule has 0 amide bonds. The van der Waals surface area contributed by atoms with Crippen LogP contribution in [-0.2, 0) is 0 Å². The predicted octanol–water partition coefficient (Wildman–Crippen LogP) is 2.50. The molecule has 64 valence electrons. The molecular formula is C8H10N2S2. The standard InChI is InChI=1S/C8H10N2S2/c11-5-9-7-2-1-3-8(4-7)10-6-12/h7-8H,1-4H2. The molecule has 0 aromatic heterocycles. The molecule has 0 aromatic rings. The number of thiocarbonyl (C=S) groups is 2. The molecule has 1 aliphatic carbocycles. The van der Waals surface area contributed by atoms with E-state index >= 15 is 0 Å². The van der Waals surface area contributed by atoms with Crippen molar-refractivity contribution in [2.45, 2.75) is 37.8 Å². The Morgan fingerprint density at radius 1 is 1.00 bits per heavy atom. The van der Waals surface area contributed by atoms with Gasteiger partial charge >= 0.3 is 0 Å². The third-order valence-corrected chi connectivity index (χ3v) is 2.30. The highest BCUT2D eigenvalue weighted by Gasteiger charge is 2.20. The van der Waals surface area contributed by atoms with Crippen LogP contribution in [0.3, 0.4) is 0 Å². The fourth-order valence-electron chi connectivity index (χ4n) is 1.52. The Labute approximate surface area is 82.8 Å². The van der Waals surface area contributed by atoms with Crippen molar-refractivity contribution >= 4 is 34.8 Å². The Morgan fingerprint density at radius 2 is 1.50 bits per heavy atom. The average Bonchev–Trinajstić information content (AvgIpc) is 2.06. The van der Waals surface area contributed by atoms with Crippen LogP contribution in [0.4, 0.5) is 0 Å². The van der Waals surface area contributed by atoms with Crippen LogP contribution in [0.2, 0.25) is 0 Å². The summed E-state index contributed by atoms with van der Waals surface area (Å²) in [6.07, 6.45) is 4.31. The van der Waals surface area contributed by atoms with Crippen molar-refractivity contribution in [3.63, 3.8) is 0 Å². The molecule has 1 saturated carbocycles. The molecule has 1 aliphatic rings. The van der Waals surface area contributed by atoms with Gasteiger partial charge in [-0.25, -0.2) is 9.98 Å². The first-order valence-corrected chi connectivity index (χ1v) is 4.82. The average molecular weight is 198 g/mol. The minimum atomic E-state index is 0.313. The second kappa shape index (κ2) is 5.28. The molecule has 4 heteroatoms. The third kappa shape index (κ3) is 2.92. The first kappa shape index (κ1) is 9.69.